The zero-order valence-electron chi connectivity index (χ0n) is 14.7. The Hall–Kier alpha value is -1.77. The van der Waals surface area contributed by atoms with E-state index >= 15 is 0 Å². The van der Waals surface area contributed by atoms with Crippen molar-refractivity contribution in [2.24, 2.45) is 0 Å². The van der Waals surface area contributed by atoms with Gasteiger partial charge in [0.05, 0.1) is 11.9 Å². The molecule has 146 valence electrons. The summed E-state index contributed by atoms with van der Waals surface area (Å²) >= 11 is 7.39. The Bertz CT molecular complexity index is 859. The summed E-state index contributed by atoms with van der Waals surface area (Å²) in [5, 5.41) is 3.05. The van der Waals surface area contributed by atoms with Gasteiger partial charge >= 0.3 is 0 Å². The molecular weight excluding hydrogens is 411 g/mol. The normalized spacial score (nSPS) is 11.2. The largest absolute Gasteiger partial charge is 0.354 e. The van der Waals surface area contributed by atoms with Crippen LogP contribution in [-0.4, -0.2) is 39.4 Å². The molecule has 0 atom stereocenters. The Labute approximate surface area is 168 Å². The summed E-state index contributed by atoms with van der Waals surface area (Å²) in [6.45, 7) is 0.0363. The first-order valence-electron chi connectivity index (χ1n) is 8.09. The molecule has 2 aromatic rings. The van der Waals surface area contributed by atoms with E-state index in [1.54, 1.807) is 42.5 Å². The number of benzene rings is 2. The number of hydrogen-bond donors (Lipinski definition) is 1. The Morgan fingerprint density at radius 3 is 2.52 bits per heavy atom. The van der Waals surface area contributed by atoms with Crippen LogP contribution in [0.15, 0.2) is 48.5 Å². The second-order valence-electron chi connectivity index (χ2n) is 5.71. The molecule has 0 unspecified atom stereocenters. The third-order valence-electron chi connectivity index (χ3n) is 3.61. The predicted molar refractivity (Wildman–Crippen MR) is 109 cm³/mol. The van der Waals surface area contributed by atoms with Crippen molar-refractivity contribution in [2.45, 2.75) is 5.75 Å². The zero-order chi connectivity index (χ0) is 19.9. The number of halogens is 2. The molecule has 2 rings (SSSR count). The SMILES string of the molecule is CS(=O)(=O)N(CC(=O)NCCSCc1c(F)cccc1Cl)c1ccccc1. The molecule has 9 heteroatoms. The summed E-state index contributed by atoms with van der Waals surface area (Å²) in [4.78, 5) is 12.1. The molecule has 0 bridgehead atoms. The number of thioether (sulfide) groups is 1. The van der Waals surface area contributed by atoms with E-state index in [2.05, 4.69) is 5.32 Å². The molecule has 27 heavy (non-hydrogen) atoms. The van der Waals surface area contributed by atoms with Gasteiger partial charge in [-0.05, 0) is 24.3 Å². The quantitative estimate of drug-likeness (QED) is 0.620. The van der Waals surface area contributed by atoms with Gasteiger partial charge in [0.2, 0.25) is 15.9 Å². The van der Waals surface area contributed by atoms with Crippen LogP contribution in [0.1, 0.15) is 5.56 Å². The number of sulfonamides is 1. The molecule has 0 aliphatic carbocycles. The van der Waals surface area contributed by atoms with E-state index in [0.29, 0.717) is 34.3 Å². The van der Waals surface area contributed by atoms with Crippen molar-refractivity contribution in [1.82, 2.24) is 5.32 Å². The van der Waals surface area contributed by atoms with Crippen LogP contribution in [-0.2, 0) is 20.6 Å². The number of amides is 1. The molecule has 0 heterocycles. The maximum atomic E-state index is 13.7. The van der Waals surface area contributed by atoms with Crippen molar-refractivity contribution >= 4 is 45.0 Å². The molecule has 0 aromatic heterocycles. The minimum absolute atomic E-state index is 0.299. The lowest BCUT2D eigenvalue weighted by Gasteiger charge is -2.21. The molecule has 0 aliphatic rings. The summed E-state index contributed by atoms with van der Waals surface area (Å²) in [5.41, 5.74) is 0.863. The van der Waals surface area contributed by atoms with Crippen molar-refractivity contribution < 1.29 is 17.6 Å². The summed E-state index contributed by atoms with van der Waals surface area (Å²) in [7, 11) is -3.58. The van der Waals surface area contributed by atoms with Crippen molar-refractivity contribution in [3.8, 4) is 0 Å². The van der Waals surface area contributed by atoms with Gasteiger partial charge in [-0.25, -0.2) is 12.8 Å². The van der Waals surface area contributed by atoms with Crippen LogP contribution in [0.3, 0.4) is 0 Å². The summed E-state index contributed by atoms with van der Waals surface area (Å²) in [5.74, 6) is 0.168. The van der Waals surface area contributed by atoms with Gasteiger partial charge in [0.25, 0.3) is 0 Å². The molecule has 0 aliphatic heterocycles. The number of rotatable bonds is 9. The van der Waals surface area contributed by atoms with Gasteiger partial charge in [-0.15, -0.1) is 0 Å². The van der Waals surface area contributed by atoms with Crippen LogP contribution in [0.2, 0.25) is 5.02 Å². The van der Waals surface area contributed by atoms with E-state index < -0.39 is 15.9 Å². The van der Waals surface area contributed by atoms with E-state index in [-0.39, 0.29) is 12.4 Å². The van der Waals surface area contributed by atoms with E-state index in [1.807, 2.05) is 0 Å². The standard InChI is InChI=1S/C18H20ClFN2O3S2/c1-27(24,25)22(14-6-3-2-4-7-14)12-18(23)21-10-11-26-13-15-16(19)8-5-9-17(15)20/h2-9H,10-13H2,1H3,(H,21,23). The lowest BCUT2D eigenvalue weighted by molar-refractivity contribution is -0.119. The topological polar surface area (TPSA) is 66.5 Å². The Kier molecular flexibility index (Phi) is 7.94. The first-order valence-corrected chi connectivity index (χ1v) is 11.5. The predicted octanol–water partition coefficient (Wildman–Crippen LogP) is 3.29. The number of hydrogen-bond acceptors (Lipinski definition) is 4. The number of nitrogens with zero attached hydrogens (tertiary/aromatic N) is 1. The maximum absolute atomic E-state index is 13.7. The second-order valence-corrected chi connectivity index (χ2v) is 9.13. The van der Waals surface area contributed by atoms with E-state index in [1.165, 1.54) is 17.8 Å². The second kappa shape index (κ2) is 9.96. The molecular formula is C18H20ClFN2O3S2. The minimum atomic E-state index is -3.58. The van der Waals surface area contributed by atoms with Crippen LogP contribution in [0.5, 0.6) is 0 Å². The smallest absolute Gasteiger partial charge is 0.240 e. The molecule has 0 spiro atoms. The maximum Gasteiger partial charge on any atom is 0.240 e. The number of carbonyl (C=O) groups excluding carboxylic acids is 1. The van der Waals surface area contributed by atoms with Gasteiger partial charge in [-0.1, -0.05) is 35.9 Å². The van der Waals surface area contributed by atoms with Gasteiger partial charge in [0.15, 0.2) is 0 Å². The Morgan fingerprint density at radius 1 is 1.19 bits per heavy atom. The summed E-state index contributed by atoms with van der Waals surface area (Å²) in [6, 6.07) is 13.0. The van der Waals surface area contributed by atoms with Crippen LogP contribution < -0.4 is 9.62 Å². The van der Waals surface area contributed by atoms with E-state index in [4.69, 9.17) is 11.6 Å². The van der Waals surface area contributed by atoms with Gasteiger partial charge in [-0.2, -0.15) is 11.8 Å². The molecule has 1 N–H and O–H groups in total. The Morgan fingerprint density at radius 2 is 1.89 bits per heavy atom. The van der Waals surface area contributed by atoms with Gasteiger partial charge in [0, 0.05) is 28.6 Å². The first kappa shape index (κ1) is 21.5. The number of carbonyl (C=O) groups is 1. The monoisotopic (exact) mass is 430 g/mol. The highest BCUT2D eigenvalue weighted by Gasteiger charge is 2.20. The molecule has 0 fully saturated rings. The lowest BCUT2D eigenvalue weighted by Crippen LogP contribution is -2.41. The summed E-state index contributed by atoms with van der Waals surface area (Å²) in [6.07, 6.45) is 1.06. The van der Waals surface area contributed by atoms with Crippen LogP contribution >= 0.6 is 23.4 Å². The van der Waals surface area contributed by atoms with Crippen molar-refractivity contribution in [2.75, 3.05) is 29.4 Å². The van der Waals surface area contributed by atoms with Crippen LogP contribution in [0.4, 0.5) is 10.1 Å². The van der Waals surface area contributed by atoms with E-state index in [0.717, 1.165) is 10.6 Å². The van der Waals surface area contributed by atoms with Crippen molar-refractivity contribution in [1.29, 1.82) is 0 Å². The van der Waals surface area contributed by atoms with E-state index in [9.17, 15) is 17.6 Å². The highest BCUT2D eigenvalue weighted by molar-refractivity contribution is 7.98. The van der Waals surface area contributed by atoms with Crippen molar-refractivity contribution in [3.63, 3.8) is 0 Å². The number of nitrogens with one attached hydrogen (secondary N) is 1. The van der Waals surface area contributed by atoms with Gasteiger partial charge in [0.1, 0.15) is 12.4 Å². The average Bonchev–Trinajstić information content (AvgIpc) is 2.61. The summed E-state index contributed by atoms with van der Waals surface area (Å²) < 4.78 is 38.6. The van der Waals surface area contributed by atoms with Gasteiger partial charge in [-0.3, -0.25) is 9.10 Å². The van der Waals surface area contributed by atoms with Gasteiger partial charge < -0.3 is 5.32 Å². The number of para-hydroxylation sites is 1. The Balaban J connectivity index is 1.81. The third-order valence-corrected chi connectivity index (χ3v) is 6.09. The minimum Gasteiger partial charge on any atom is -0.354 e. The molecule has 2 aromatic carbocycles. The zero-order valence-corrected chi connectivity index (χ0v) is 17.1. The molecule has 0 saturated heterocycles. The highest BCUT2D eigenvalue weighted by atomic mass is 35.5. The number of anilines is 1. The average molecular weight is 431 g/mol. The first-order chi connectivity index (χ1) is 12.8. The molecule has 0 radical (unpaired) electrons. The third kappa shape index (κ3) is 6.71. The highest BCUT2D eigenvalue weighted by Crippen LogP contribution is 2.23. The van der Waals surface area contributed by atoms with Crippen LogP contribution in [0.25, 0.3) is 0 Å². The lowest BCUT2D eigenvalue weighted by atomic mass is 10.2. The molecule has 0 saturated carbocycles. The van der Waals surface area contributed by atoms with Crippen molar-refractivity contribution in [3.05, 3.63) is 64.9 Å². The molecule has 1 amide bonds. The fourth-order valence-electron chi connectivity index (χ4n) is 2.29. The van der Waals surface area contributed by atoms with Crippen LogP contribution in [0, 0.1) is 5.82 Å². The fraction of sp³-hybridized carbons (Fsp3) is 0.278. The molecule has 5 nitrogen and oxygen atoms in total. The fourth-order valence-corrected chi connectivity index (χ4v) is 4.34.